The van der Waals surface area contributed by atoms with Crippen molar-refractivity contribution in [3.63, 3.8) is 0 Å². The topological polar surface area (TPSA) is 97.8 Å². The van der Waals surface area contributed by atoms with Crippen molar-refractivity contribution < 1.29 is 19.0 Å². The van der Waals surface area contributed by atoms with Crippen LogP contribution in [0.5, 0.6) is 17.2 Å². The Hall–Kier alpha value is -3.24. The van der Waals surface area contributed by atoms with Crippen LogP contribution in [0.4, 0.5) is 0 Å². The molecule has 3 rings (SSSR count). The fourth-order valence-corrected chi connectivity index (χ4v) is 3.31. The normalized spacial score (nSPS) is 14.0. The largest absolute Gasteiger partial charge is 0.496 e. The van der Waals surface area contributed by atoms with Gasteiger partial charge in [-0.1, -0.05) is 12.1 Å². The lowest BCUT2D eigenvalue weighted by Crippen LogP contribution is -2.45. The Morgan fingerprint density at radius 3 is 2.43 bits per heavy atom. The van der Waals surface area contributed by atoms with Crippen molar-refractivity contribution in [2.75, 3.05) is 33.9 Å². The van der Waals surface area contributed by atoms with E-state index in [0.717, 1.165) is 16.7 Å². The van der Waals surface area contributed by atoms with Gasteiger partial charge >= 0.3 is 0 Å². The molecule has 0 aliphatic carbocycles. The molecule has 2 N–H and O–H groups in total. The molecule has 1 amide bonds. The summed E-state index contributed by atoms with van der Waals surface area (Å²) in [6.07, 6.45) is 0. The molecule has 1 aliphatic heterocycles. The Bertz CT molecular complexity index is 879. The predicted molar refractivity (Wildman–Crippen MR) is 104 cm³/mol. The van der Waals surface area contributed by atoms with Crippen LogP contribution < -0.4 is 19.9 Å². The number of likely N-dealkylation sites (tertiary alicyclic amines) is 1. The molecule has 7 heteroatoms. The number of primary amides is 1. The third-order valence-corrected chi connectivity index (χ3v) is 4.68. The van der Waals surface area contributed by atoms with Crippen molar-refractivity contribution in [3.8, 4) is 34.4 Å². The quantitative estimate of drug-likeness (QED) is 0.753. The predicted octanol–water partition coefficient (Wildman–Crippen LogP) is 2.19. The molecule has 28 heavy (non-hydrogen) atoms. The number of rotatable bonds is 8. The molecule has 0 atom stereocenters. The summed E-state index contributed by atoms with van der Waals surface area (Å²) in [5.41, 5.74) is 7.88. The van der Waals surface area contributed by atoms with Crippen LogP contribution in [0.1, 0.15) is 5.56 Å². The zero-order valence-corrected chi connectivity index (χ0v) is 16.0. The fourth-order valence-electron chi connectivity index (χ4n) is 3.31. The summed E-state index contributed by atoms with van der Waals surface area (Å²) in [6, 6.07) is 13.6. The number of nitriles is 1. The van der Waals surface area contributed by atoms with Crippen LogP contribution in [0.3, 0.4) is 0 Å². The van der Waals surface area contributed by atoms with Crippen molar-refractivity contribution in [3.05, 3.63) is 42.0 Å². The highest BCUT2D eigenvalue weighted by atomic mass is 16.5. The number of ether oxygens (including phenoxy) is 3. The maximum Gasteiger partial charge on any atom is 0.255 e. The summed E-state index contributed by atoms with van der Waals surface area (Å²) < 4.78 is 16.6. The van der Waals surface area contributed by atoms with Gasteiger partial charge in [-0.2, -0.15) is 5.26 Å². The molecular formula is C21H23N3O4. The lowest BCUT2D eigenvalue weighted by atomic mass is 9.97. The van der Waals surface area contributed by atoms with Crippen molar-refractivity contribution >= 4 is 5.91 Å². The summed E-state index contributed by atoms with van der Waals surface area (Å²) in [4.78, 5) is 13.3. The summed E-state index contributed by atoms with van der Waals surface area (Å²) in [5, 5.41) is 9.00. The Morgan fingerprint density at radius 1 is 1.18 bits per heavy atom. The maximum atomic E-state index is 11.1. The average molecular weight is 381 g/mol. The Labute approximate surface area is 164 Å². The molecule has 1 fully saturated rings. The van der Waals surface area contributed by atoms with Gasteiger partial charge in [-0.15, -0.1) is 0 Å². The molecule has 0 radical (unpaired) electrons. The second-order valence-corrected chi connectivity index (χ2v) is 6.64. The van der Waals surface area contributed by atoms with Gasteiger partial charge in [0, 0.05) is 25.2 Å². The van der Waals surface area contributed by atoms with Crippen LogP contribution in [-0.4, -0.2) is 44.7 Å². The molecule has 0 aromatic heterocycles. The van der Waals surface area contributed by atoms with E-state index in [9.17, 15) is 4.79 Å². The molecule has 1 heterocycles. The number of benzene rings is 2. The van der Waals surface area contributed by atoms with Crippen LogP contribution in [0, 0.1) is 17.2 Å². The Morgan fingerprint density at radius 2 is 1.86 bits per heavy atom. The zero-order chi connectivity index (χ0) is 20.1. The lowest BCUT2D eigenvalue weighted by Gasteiger charge is -2.35. The van der Waals surface area contributed by atoms with Crippen molar-refractivity contribution in [2.45, 2.75) is 6.54 Å². The van der Waals surface area contributed by atoms with E-state index in [4.69, 9.17) is 25.2 Å². The van der Waals surface area contributed by atoms with Crippen molar-refractivity contribution in [2.24, 2.45) is 11.7 Å². The molecule has 2 aromatic carbocycles. The second-order valence-electron chi connectivity index (χ2n) is 6.64. The van der Waals surface area contributed by atoms with E-state index in [-0.39, 0.29) is 12.5 Å². The number of methoxy groups -OCH3 is 2. The number of carbonyl (C=O) groups is 1. The van der Waals surface area contributed by atoms with Crippen LogP contribution in [0.25, 0.3) is 11.1 Å². The number of amides is 1. The first-order valence-electron chi connectivity index (χ1n) is 8.93. The van der Waals surface area contributed by atoms with Gasteiger partial charge in [0.15, 0.2) is 6.61 Å². The van der Waals surface area contributed by atoms with Gasteiger partial charge in [0.05, 0.1) is 31.8 Å². The fraction of sp³-hybridized carbons (Fsp3) is 0.333. The minimum atomic E-state index is -0.532. The smallest absolute Gasteiger partial charge is 0.255 e. The van der Waals surface area contributed by atoms with Gasteiger partial charge in [-0.3, -0.25) is 9.69 Å². The minimum Gasteiger partial charge on any atom is -0.496 e. The molecule has 0 spiro atoms. The van der Waals surface area contributed by atoms with Gasteiger partial charge in [0.2, 0.25) is 0 Å². The number of hydrogen-bond acceptors (Lipinski definition) is 6. The summed E-state index contributed by atoms with van der Waals surface area (Å²) in [5.74, 6) is 1.52. The molecule has 2 aromatic rings. The third-order valence-electron chi connectivity index (χ3n) is 4.68. The number of carbonyl (C=O) groups excluding carboxylic acids is 1. The van der Waals surface area contributed by atoms with Crippen LogP contribution >= 0.6 is 0 Å². The minimum absolute atomic E-state index is 0.0625. The molecule has 0 unspecified atom stereocenters. The van der Waals surface area contributed by atoms with Crippen LogP contribution in [0.2, 0.25) is 0 Å². The van der Waals surface area contributed by atoms with E-state index < -0.39 is 5.91 Å². The van der Waals surface area contributed by atoms with E-state index in [1.807, 2.05) is 36.4 Å². The number of hydrogen-bond donors (Lipinski definition) is 1. The van der Waals surface area contributed by atoms with Crippen molar-refractivity contribution in [1.29, 1.82) is 5.26 Å². The first kappa shape index (κ1) is 19.5. The van der Waals surface area contributed by atoms with Crippen LogP contribution in [-0.2, 0) is 11.3 Å². The number of nitrogens with two attached hydrogens (primary N) is 1. The second kappa shape index (κ2) is 8.63. The summed E-state index contributed by atoms with van der Waals surface area (Å²) in [6.45, 7) is 1.85. The third kappa shape index (κ3) is 4.18. The molecule has 146 valence electrons. The first-order valence-corrected chi connectivity index (χ1v) is 8.93. The van der Waals surface area contributed by atoms with Crippen LogP contribution in [0.15, 0.2) is 36.4 Å². The molecule has 0 bridgehead atoms. The molecular weight excluding hydrogens is 358 g/mol. The van der Waals surface area contributed by atoms with Gasteiger partial charge in [-0.05, 0) is 29.8 Å². The van der Waals surface area contributed by atoms with Crippen molar-refractivity contribution in [1.82, 2.24) is 4.90 Å². The molecule has 7 nitrogen and oxygen atoms in total. The maximum absolute atomic E-state index is 11.1. The Balaban J connectivity index is 1.96. The monoisotopic (exact) mass is 381 g/mol. The highest BCUT2D eigenvalue weighted by Gasteiger charge is 2.27. The van der Waals surface area contributed by atoms with E-state index in [2.05, 4.69) is 11.0 Å². The van der Waals surface area contributed by atoms with Gasteiger partial charge in [0.25, 0.3) is 5.91 Å². The standard InChI is InChI=1S/C21H23N3O4/c1-26-18-4-3-5-19(27-2)21(18)15-6-7-17(28-13-20(23)25)16(8-15)12-24-10-14(9-22)11-24/h3-8,14H,10-13H2,1-2H3,(H2,23,25). The molecule has 1 saturated heterocycles. The van der Waals surface area contributed by atoms with E-state index >= 15 is 0 Å². The van der Waals surface area contributed by atoms with Gasteiger partial charge < -0.3 is 19.9 Å². The lowest BCUT2D eigenvalue weighted by molar-refractivity contribution is -0.119. The van der Waals surface area contributed by atoms with Gasteiger partial charge in [-0.25, -0.2) is 0 Å². The molecule has 1 aliphatic rings. The number of nitrogens with zero attached hydrogens (tertiary/aromatic N) is 2. The average Bonchev–Trinajstić information content (AvgIpc) is 2.68. The summed E-state index contributed by atoms with van der Waals surface area (Å²) in [7, 11) is 3.23. The van der Waals surface area contributed by atoms with E-state index in [1.54, 1.807) is 14.2 Å². The zero-order valence-electron chi connectivity index (χ0n) is 16.0. The Kier molecular flexibility index (Phi) is 6.02. The van der Waals surface area contributed by atoms with Gasteiger partial charge in [0.1, 0.15) is 17.2 Å². The highest BCUT2D eigenvalue weighted by Crippen LogP contribution is 2.40. The SMILES string of the molecule is COc1cccc(OC)c1-c1ccc(OCC(N)=O)c(CN2CC(C#N)C2)c1. The highest BCUT2D eigenvalue weighted by molar-refractivity contribution is 5.78. The first-order chi connectivity index (χ1) is 13.5. The van der Waals surface area contributed by atoms with E-state index in [1.165, 1.54) is 0 Å². The molecule has 0 saturated carbocycles. The van der Waals surface area contributed by atoms with E-state index in [0.29, 0.717) is 36.9 Å². The summed E-state index contributed by atoms with van der Waals surface area (Å²) >= 11 is 0.